The molecule has 0 heterocycles. The minimum Gasteiger partial charge on any atom is -0.493 e. The standard InChI is InChI=1S/C18H20F3NO6S/c1-4-27-17-14(25-2)9-12(10-15(17)26-3)11-22-29(23,24)16-8-6-5-7-13(16)28-18(19,20)21/h5-10,22H,4,11H2,1-3H3. The highest BCUT2D eigenvalue weighted by Crippen LogP contribution is 2.38. The summed E-state index contributed by atoms with van der Waals surface area (Å²) in [5.74, 6) is 0.171. The lowest BCUT2D eigenvalue weighted by Crippen LogP contribution is -2.25. The molecule has 160 valence electrons. The fourth-order valence-corrected chi connectivity index (χ4v) is 3.60. The Labute approximate surface area is 166 Å². The maximum Gasteiger partial charge on any atom is 0.573 e. The molecule has 11 heteroatoms. The van der Waals surface area contributed by atoms with E-state index in [1.165, 1.54) is 38.5 Å². The minimum absolute atomic E-state index is 0.234. The minimum atomic E-state index is -5.03. The Morgan fingerprint density at radius 1 is 1.00 bits per heavy atom. The predicted molar refractivity (Wildman–Crippen MR) is 97.9 cm³/mol. The molecule has 2 aromatic rings. The number of nitrogens with one attached hydrogen (secondary N) is 1. The van der Waals surface area contributed by atoms with Gasteiger partial charge in [0.15, 0.2) is 11.5 Å². The third kappa shape index (κ3) is 5.91. The number of hydrogen-bond acceptors (Lipinski definition) is 6. The Balaban J connectivity index is 2.30. The highest BCUT2D eigenvalue weighted by Gasteiger charge is 2.34. The Hall–Kier alpha value is -2.66. The fourth-order valence-electron chi connectivity index (χ4n) is 2.46. The molecule has 0 saturated carbocycles. The monoisotopic (exact) mass is 435 g/mol. The molecule has 2 aromatic carbocycles. The number of hydrogen-bond donors (Lipinski definition) is 1. The highest BCUT2D eigenvalue weighted by molar-refractivity contribution is 7.89. The Bertz CT molecular complexity index is 922. The molecule has 0 bridgehead atoms. The van der Waals surface area contributed by atoms with Crippen LogP contribution in [0.15, 0.2) is 41.3 Å². The number of rotatable bonds is 9. The molecule has 1 N–H and O–H groups in total. The summed E-state index contributed by atoms with van der Waals surface area (Å²) >= 11 is 0. The van der Waals surface area contributed by atoms with Crippen LogP contribution in [-0.2, 0) is 16.6 Å². The quantitative estimate of drug-likeness (QED) is 0.650. The van der Waals surface area contributed by atoms with Crippen molar-refractivity contribution in [3.8, 4) is 23.0 Å². The van der Waals surface area contributed by atoms with Crippen LogP contribution in [0, 0.1) is 0 Å². The normalized spacial score (nSPS) is 11.8. The van der Waals surface area contributed by atoms with Gasteiger partial charge in [0.25, 0.3) is 0 Å². The first-order valence-electron chi connectivity index (χ1n) is 8.33. The Morgan fingerprint density at radius 3 is 2.10 bits per heavy atom. The van der Waals surface area contributed by atoms with E-state index in [0.29, 0.717) is 29.4 Å². The first-order chi connectivity index (χ1) is 13.6. The Morgan fingerprint density at radius 2 is 1.59 bits per heavy atom. The zero-order valence-corrected chi connectivity index (χ0v) is 16.7. The molecule has 0 unspecified atom stereocenters. The SMILES string of the molecule is CCOc1c(OC)cc(CNS(=O)(=O)c2ccccc2OC(F)(F)F)cc1OC. The first-order valence-corrected chi connectivity index (χ1v) is 9.81. The zero-order valence-electron chi connectivity index (χ0n) is 15.9. The zero-order chi connectivity index (χ0) is 21.7. The summed E-state index contributed by atoms with van der Waals surface area (Å²) in [6, 6.07) is 7.54. The van der Waals surface area contributed by atoms with Gasteiger partial charge in [0.05, 0.1) is 20.8 Å². The maximum absolute atomic E-state index is 12.6. The summed E-state index contributed by atoms with van der Waals surface area (Å²) < 4.78 is 84.8. The van der Waals surface area contributed by atoms with Gasteiger partial charge in [-0.25, -0.2) is 13.1 Å². The summed E-state index contributed by atoms with van der Waals surface area (Å²) in [5.41, 5.74) is 0.444. The molecular weight excluding hydrogens is 415 g/mol. The van der Waals surface area contributed by atoms with Crippen molar-refractivity contribution in [1.82, 2.24) is 4.72 Å². The second-order valence-electron chi connectivity index (χ2n) is 5.58. The van der Waals surface area contributed by atoms with Gasteiger partial charge in [0.2, 0.25) is 15.8 Å². The highest BCUT2D eigenvalue weighted by atomic mass is 32.2. The van der Waals surface area contributed by atoms with E-state index in [2.05, 4.69) is 9.46 Å². The molecule has 0 radical (unpaired) electrons. The lowest BCUT2D eigenvalue weighted by atomic mass is 10.2. The van der Waals surface area contributed by atoms with Crippen LogP contribution in [0.5, 0.6) is 23.0 Å². The van der Waals surface area contributed by atoms with Crippen molar-refractivity contribution in [3.05, 3.63) is 42.0 Å². The van der Waals surface area contributed by atoms with E-state index in [1.54, 1.807) is 6.92 Å². The summed E-state index contributed by atoms with van der Waals surface area (Å²) in [6.07, 6.45) is -5.03. The van der Waals surface area contributed by atoms with E-state index in [-0.39, 0.29) is 6.54 Å². The molecule has 0 fully saturated rings. The molecule has 0 amide bonds. The van der Waals surface area contributed by atoms with Gasteiger partial charge < -0.3 is 18.9 Å². The van der Waals surface area contributed by atoms with Gasteiger partial charge in [-0.2, -0.15) is 0 Å². The van der Waals surface area contributed by atoms with E-state index in [0.717, 1.165) is 12.1 Å². The van der Waals surface area contributed by atoms with Crippen LogP contribution in [0.2, 0.25) is 0 Å². The molecule has 0 aliphatic rings. The maximum atomic E-state index is 12.6. The van der Waals surface area contributed by atoms with Gasteiger partial charge in [-0.1, -0.05) is 12.1 Å². The third-order valence-corrected chi connectivity index (χ3v) is 5.08. The van der Waals surface area contributed by atoms with Crippen molar-refractivity contribution in [2.75, 3.05) is 20.8 Å². The molecule has 7 nitrogen and oxygen atoms in total. The number of alkyl halides is 3. The lowest BCUT2D eigenvalue weighted by Gasteiger charge is -2.16. The average Bonchev–Trinajstić information content (AvgIpc) is 2.66. The third-order valence-electron chi connectivity index (χ3n) is 3.64. The summed E-state index contributed by atoms with van der Waals surface area (Å²) in [5, 5.41) is 0. The summed E-state index contributed by atoms with van der Waals surface area (Å²) in [7, 11) is -1.48. The van der Waals surface area contributed by atoms with Gasteiger partial charge in [0, 0.05) is 6.54 Å². The van der Waals surface area contributed by atoms with E-state index in [9.17, 15) is 21.6 Å². The molecular formula is C18H20F3NO6S. The molecule has 29 heavy (non-hydrogen) atoms. The van der Waals surface area contributed by atoms with Gasteiger partial charge in [-0.15, -0.1) is 13.2 Å². The number of sulfonamides is 1. The number of methoxy groups -OCH3 is 2. The largest absolute Gasteiger partial charge is 0.573 e. The van der Waals surface area contributed by atoms with Gasteiger partial charge in [-0.3, -0.25) is 0 Å². The van der Waals surface area contributed by atoms with Gasteiger partial charge >= 0.3 is 6.36 Å². The predicted octanol–water partition coefficient (Wildman–Crippen LogP) is 3.48. The van der Waals surface area contributed by atoms with Crippen molar-refractivity contribution in [2.45, 2.75) is 24.7 Å². The van der Waals surface area contributed by atoms with Crippen LogP contribution in [0.3, 0.4) is 0 Å². The van der Waals surface area contributed by atoms with Crippen molar-refractivity contribution < 1.29 is 40.5 Å². The van der Waals surface area contributed by atoms with E-state index >= 15 is 0 Å². The number of para-hydroxylation sites is 1. The number of benzene rings is 2. The lowest BCUT2D eigenvalue weighted by molar-refractivity contribution is -0.275. The van der Waals surface area contributed by atoms with Crippen LogP contribution >= 0.6 is 0 Å². The van der Waals surface area contributed by atoms with Crippen LogP contribution in [-0.4, -0.2) is 35.6 Å². The number of halogens is 3. The summed E-state index contributed by atoms with van der Waals surface area (Å²) in [6.45, 7) is 1.90. The molecule has 0 aliphatic heterocycles. The molecule has 0 spiro atoms. The molecule has 0 aromatic heterocycles. The topological polar surface area (TPSA) is 83.1 Å². The van der Waals surface area contributed by atoms with Crippen LogP contribution in [0.1, 0.15) is 12.5 Å². The van der Waals surface area contributed by atoms with Crippen molar-refractivity contribution in [3.63, 3.8) is 0 Å². The van der Waals surface area contributed by atoms with Crippen LogP contribution < -0.4 is 23.7 Å². The van der Waals surface area contributed by atoms with Crippen molar-refractivity contribution >= 4 is 10.0 Å². The molecule has 0 saturated heterocycles. The molecule has 2 rings (SSSR count). The number of ether oxygens (including phenoxy) is 4. The fraction of sp³-hybridized carbons (Fsp3) is 0.333. The average molecular weight is 435 g/mol. The van der Waals surface area contributed by atoms with Gasteiger partial charge in [-0.05, 0) is 36.8 Å². The van der Waals surface area contributed by atoms with E-state index in [1.807, 2.05) is 0 Å². The molecule has 0 aliphatic carbocycles. The first kappa shape index (κ1) is 22.6. The van der Waals surface area contributed by atoms with E-state index < -0.39 is 27.0 Å². The van der Waals surface area contributed by atoms with Gasteiger partial charge in [0.1, 0.15) is 10.6 Å². The summed E-state index contributed by atoms with van der Waals surface area (Å²) in [4.78, 5) is -0.637. The van der Waals surface area contributed by atoms with Crippen molar-refractivity contribution in [2.24, 2.45) is 0 Å². The second-order valence-corrected chi connectivity index (χ2v) is 7.32. The molecule has 0 atom stereocenters. The van der Waals surface area contributed by atoms with E-state index in [4.69, 9.17) is 14.2 Å². The second kappa shape index (κ2) is 9.23. The van der Waals surface area contributed by atoms with Crippen LogP contribution in [0.4, 0.5) is 13.2 Å². The smallest absolute Gasteiger partial charge is 0.493 e. The van der Waals surface area contributed by atoms with Crippen molar-refractivity contribution in [1.29, 1.82) is 0 Å². The van der Waals surface area contributed by atoms with Crippen LogP contribution in [0.25, 0.3) is 0 Å². The Kier molecular flexibility index (Phi) is 7.20.